The van der Waals surface area contributed by atoms with Gasteiger partial charge in [0.1, 0.15) is 23.4 Å². The molecule has 5 bridgehead atoms. The minimum absolute atomic E-state index is 0.0696. The molecule has 4 heterocycles. The van der Waals surface area contributed by atoms with Crippen molar-refractivity contribution in [2.75, 3.05) is 25.5 Å². The number of carbonyl (C=O) groups is 3. The number of phenols is 3. The van der Waals surface area contributed by atoms with Crippen LogP contribution in [0.15, 0.2) is 41.2 Å². The van der Waals surface area contributed by atoms with E-state index in [-0.39, 0.29) is 44.5 Å². The van der Waals surface area contributed by atoms with E-state index >= 15 is 0 Å². The third-order valence-electron chi connectivity index (χ3n) is 14.2. The monoisotopic (exact) mass is 948 g/mol. The highest BCUT2D eigenvalue weighted by atomic mass is 16.7. The van der Waals surface area contributed by atoms with Gasteiger partial charge < -0.3 is 49.8 Å². The minimum atomic E-state index is -2.05. The summed E-state index contributed by atoms with van der Waals surface area (Å²) in [5.74, 6) is -8.23. The molecule has 6 rings (SSSR count). The minimum Gasteiger partial charge on any atom is -0.507 e. The molecule has 0 radical (unpaired) electrons. The van der Waals surface area contributed by atoms with E-state index in [0.29, 0.717) is 13.1 Å². The molecular weight excluding hydrogens is 871 g/mol. The Labute approximate surface area is 402 Å². The first kappa shape index (κ1) is 53.8. The molecule has 2 aromatic rings. The van der Waals surface area contributed by atoms with Crippen LogP contribution >= 0.6 is 0 Å². The first-order valence-corrected chi connectivity index (χ1v) is 24.7. The fourth-order valence-electron chi connectivity index (χ4n) is 9.77. The molecule has 9 atom stereocenters. The Morgan fingerprint density at radius 1 is 0.809 bits per heavy atom. The number of Topliss-reactive ketones (excluding diaryl/α,β-unsaturated/α-hetero) is 1. The van der Waals surface area contributed by atoms with Crippen molar-refractivity contribution in [3.05, 3.63) is 52.8 Å². The highest BCUT2D eigenvalue weighted by Gasteiger charge is 2.50. The Morgan fingerprint density at radius 3 is 1.94 bits per heavy atom. The van der Waals surface area contributed by atoms with Crippen LogP contribution in [0.1, 0.15) is 153 Å². The number of hydrogen-bond acceptors (Lipinski definition) is 14. The lowest BCUT2D eigenvalue weighted by atomic mass is 9.78. The molecular formula is C53H77N3O12. The molecule has 1 saturated heterocycles. The normalized spacial score (nSPS) is 30.9. The number of aromatic hydroxyl groups is 3. The van der Waals surface area contributed by atoms with Gasteiger partial charge in [0, 0.05) is 74.2 Å². The highest BCUT2D eigenvalue weighted by molar-refractivity contribution is 6.23. The molecule has 0 unspecified atom stereocenters. The van der Waals surface area contributed by atoms with Crippen molar-refractivity contribution in [3.8, 4) is 23.0 Å². The van der Waals surface area contributed by atoms with Crippen LogP contribution in [0.2, 0.25) is 0 Å². The fourth-order valence-corrected chi connectivity index (χ4v) is 9.77. The summed E-state index contributed by atoms with van der Waals surface area (Å²) in [4.78, 5) is 41.1. The predicted molar refractivity (Wildman–Crippen MR) is 263 cm³/mol. The Morgan fingerprint density at radius 2 is 1.38 bits per heavy atom. The molecule has 0 saturated carbocycles. The summed E-state index contributed by atoms with van der Waals surface area (Å²) in [6.07, 6.45) is 19.9. The van der Waals surface area contributed by atoms with Gasteiger partial charge in [0.2, 0.25) is 0 Å². The zero-order chi connectivity index (χ0) is 49.9. The van der Waals surface area contributed by atoms with Gasteiger partial charge in [-0.2, -0.15) is 5.10 Å². The van der Waals surface area contributed by atoms with Gasteiger partial charge in [-0.15, -0.1) is 0 Å². The number of rotatable bonds is 4. The SMILES string of the molecule is CO[C@H]1/C=C\O[C@@]2(C)Oc3c(C)c(O)c4c(O)c(c(/C=N/N5CCCCCCCCCCCCCCC5)c(O)c4c3C2=O)NC(=O)/C(C)=C/C=C\[C@H](C)[C@H](O)[C@@H](C)[C@@H](O)[C@@H](C)[C@@H](OC(C)=O)[C@H]1C. The van der Waals surface area contributed by atoms with Crippen LogP contribution in [0.4, 0.5) is 5.69 Å². The van der Waals surface area contributed by atoms with Gasteiger partial charge >= 0.3 is 11.8 Å². The molecule has 68 heavy (non-hydrogen) atoms. The number of esters is 1. The van der Waals surface area contributed by atoms with Crippen LogP contribution in [0.25, 0.3) is 10.8 Å². The summed E-state index contributed by atoms with van der Waals surface area (Å²) in [6.45, 7) is 14.0. The van der Waals surface area contributed by atoms with Gasteiger partial charge in [-0.3, -0.25) is 19.4 Å². The number of benzene rings is 2. The third-order valence-corrected chi connectivity index (χ3v) is 14.2. The second-order valence-corrected chi connectivity index (χ2v) is 19.4. The first-order chi connectivity index (χ1) is 32.3. The summed E-state index contributed by atoms with van der Waals surface area (Å²) in [7, 11) is 1.45. The van der Waals surface area contributed by atoms with Crippen LogP contribution in [0.5, 0.6) is 23.0 Å². The number of ketones is 1. The molecule has 1 amide bonds. The predicted octanol–water partition coefficient (Wildman–Crippen LogP) is 9.47. The van der Waals surface area contributed by atoms with Crippen molar-refractivity contribution >= 4 is 40.3 Å². The number of nitrogens with one attached hydrogen (secondary N) is 1. The van der Waals surface area contributed by atoms with Crippen LogP contribution in [-0.2, 0) is 23.8 Å². The number of amides is 1. The number of phenolic OH excluding ortho intramolecular Hbond substituents is 3. The molecule has 4 aliphatic rings. The van der Waals surface area contributed by atoms with Crippen LogP contribution in [0.3, 0.4) is 0 Å². The van der Waals surface area contributed by atoms with Crippen molar-refractivity contribution in [1.29, 1.82) is 0 Å². The van der Waals surface area contributed by atoms with Crippen molar-refractivity contribution in [2.45, 2.75) is 169 Å². The summed E-state index contributed by atoms with van der Waals surface area (Å²) >= 11 is 0. The van der Waals surface area contributed by atoms with Crippen molar-refractivity contribution in [3.63, 3.8) is 0 Å². The lowest BCUT2D eigenvalue weighted by Crippen LogP contribution is -2.46. The smallest absolute Gasteiger partial charge is 0.312 e. The first-order valence-electron chi connectivity index (χ1n) is 24.7. The van der Waals surface area contributed by atoms with E-state index in [1.165, 1.54) is 97.5 Å². The van der Waals surface area contributed by atoms with Gasteiger partial charge in [0.05, 0.1) is 53.0 Å². The number of allylic oxidation sites excluding steroid dienone is 2. The van der Waals surface area contributed by atoms with Crippen LogP contribution in [0, 0.1) is 30.6 Å². The maximum absolute atomic E-state index is 14.7. The number of hydrazone groups is 1. The summed E-state index contributed by atoms with van der Waals surface area (Å²) in [5, 5.41) is 68.4. The van der Waals surface area contributed by atoms with Gasteiger partial charge in [-0.05, 0) is 32.8 Å². The Kier molecular flexibility index (Phi) is 19.3. The Hall–Kier alpha value is -5.12. The largest absolute Gasteiger partial charge is 0.507 e. The van der Waals surface area contributed by atoms with Gasteiger partial charge in [-0.25, -0.2) is 0 Å². The summed E-state index contributed by atoms with van der Waals surface area (Å²) in [6, 6.07) is 0. The number of aliphatic hydroxyl groups excluding tert-OH is 2. The van der Waals surface area contributed by atoms with Crippen LogP contribution in [-0.4, -0.2) is 105 Å². The maximum atomic E-state index is 14.7. The Balaban J connectivity index is 1.66. The molecule has 15 heteroatoms. The number of methoxy groups -OCH3 is 1. The molecule has 0 aliphatic carbocycles. The van der Waals surface area contributed by atoms with Crippen molar-refractivity contribution < 1.29 is 58.9 Å². The van der Waals surface area contributed by atoms with E-state index in [4.69, 9.17) is 24.0 Å². The second-order valence-electron chi connectivity index (χ2n) is 19.4. The molecule has 4 aliphatic heterocycles. The van der Waals surface area contributed by atoms with E-state index in [1.54, 1.807) is 46.8 Å². The van der Waals surface area contributed by atoms with Gasteiger partial charge in [-0.1, -0.05) is 117 Å². The fraction of sp³-hybridized carbons (Fsp3) is 0.623. The van der Waals surface area contributed by atoms with E-state index in [1.807, 2.05) is 5.01 Å². The molecule has 15 nitrogen and oxygen atoms in total. The number of nitrogens with zero attached hydrogens (tertiary/aromatic N) is 2. The molecule has 376 valence electrons. The molecule has 6 N–H and O–H groups in total. The highest BCUT2D eigenvalue weighted by Crippen LogP contribution is 2.55. The molecule has 0 aromatic heterocycles. The Bertz CT molecular complexity index is 2200. The third kappa shape index (κ3) is 12.6. The standard InChI is InChI=1S/C53H77N3O12/c1-31-24-23-25-32(2)52(64)55-43-38(30-54-56-27-21-19-17-15-13-11-10-12-14-16-18-20-22-28-56)47(61)40-41(48(43)62)46(60)36(6)50-42(40)51(63)53(8,68-50)66-29-26-39(65-9)33(3)49(67-37(7)57)35(5)45(59)34(4)44(31)58/h23-26,29-31,33-35,39,44-45,49,58-62H,10-22,27-28H2,1-9H3,(H,55,64)/b24-23-,29-26-,32-25+,54-30+/t31-,33-,34+,35+,39-,44-,45+,49-,53-/m0/s1. The number of ether oxygens (including phenoxy) is 4. The molecule has 2 aromatic carbocycles. The van der Waals surface area contributed by atoms with E-state index in [2.05, 4.69) is 5.32 Å². The zero-order valence-electron chi connectivity index (χ0n) is 41.7. The quantitative estimate of drug-likeness (QED) is 0.0730. The number of fused-ring (bicyclic) bond motifs is 14. The maximum Gasteiger partial charge on any atom is 0.312 e. The van der Waals surface area contributed by atoms with E-state index in [9.17, 15) is 39.9 Å². The van der Waals surface area contributed by atoms with Gasteiger partial charge in [0.25, 0.3) is 11.7 Å². The van der Waals surface area contributed by atoms with Crippen molar-refractivity contribution in [2.24, 2.45) is 28.8 Å². The summed E-state index contributed by atoms with van der Waals surface area (Å²) < 4.78 is 23.9. The molecule has 1 fully saturated rings. The topological polar surface area (TPSA) is 217 Å². The lowest BCUT2D eigenvalue weighted by Gasteiger charge is -2.38. The lowest BCUT2D eigenvalue weighted by molar-refractivity contribution is -0.160. The molecule has 0 spiro atoms. The van der Waals surface area contributed by atoms with Gasteiger partial charge in [0.15, 0.2) is 5.75 Å². The zero-order valence-corrected chi connectivity index (χ0v) is 41.7. The average molecular weight is 948 g/mol. The van der Waals surface area contributed by atoms with E-state index in [0.717, 1.165) is 38.5 Å². The average Bonchev–Trinajstić information content (AvgIpc) is 3.57. The second kappa shape index (κ2) is 24.4. The number of carbonyl (C=O) groups excluding carboxylic acids is 3. The van der Waals surface area contributed by atoms with Crippen LogP contribution < -0.4 is 10.1 Å². The number of anilines is 1. The number of aliphatic hydroxyl groups is 2. The van der Waals surface area contributed by atoms with E-state index < -0.39 is 88.8 Å². The summed E-state index contributed by atoms with van der Waals surface area (Å²) in [5.41, 5.74) is -0.238. The van der Waals surface area contributed by atoms with Crippen molar-refractivity contribution in [1.82, 2.24) is 5.01 Å². The number of hydrogen-bond donors (Lipinski definition) is 6.